The SMILES string of the molecule is CCCCCc1ccc(-c2ccc(F)nc2)cc1. The van der Waals surface area contributed by atoms with Crippen LogP contribution in [0, 0.1) is 5.95 Å². The number of halogens is 1. The fourth-order valence-corrected chi connectivity index (χ4v) is 1.99. The number of aromatic nitrogens is 1. The van der Waals surface area contributed by atoms with E-state index in [2.05, 4.69) is 36.2 Å². The summed E-state index contributed by atoms with van der Waals surface area (Å²) < 4.78 is 12.7. The van der Waals surface area contributed by atoms with Crippen LogP contribution in [-0.4, -0.2) is 4.98 Å². The van der Waals surface area contributed by atoms with Crippen molar-refractivity contribution in [1.82, 2.24) is 4.98 Å². The molecular formula is C16H18FN. The number of hydrogen-bond donors (Lipinski definition) is 0. The number of pyridine rings is 1. The van der Waals surface area contributed by atoms with Crippen LogP contribution in [0.5, 0.6) is 0 Å². The molecule has 0 aliphatic heterocycles. The summed E-state index contributed by atoms with van der Waals surface area (Å²) in [6.07, 6.45) is 6.48. The van der Waals surface area contributed by atoms with Gasteiger partial charge in [0.15, 0.2) is 0 Å². The second kappa shape index (κ2) is 6.29. The van der Waals surface area contributed by atoms with Crippen molar-refractivity contribution in [2.75, 3.05) is 0 Å². The minimum absolute atomic E-state index is 0.435. The Labute approximate surface area is 108 Å². The van der Waals surface area contributed by atoms with Crippen LogP contribution in [0.2, 0.25) is 0 Å². The first-order valence-corrected chi connectivity index (χ1v) is 6.50. The molecule has 0 bridgehead atoms. The number of unbranched alkanes of at least 4 members (excludes halogenated alkanes) is 2. The quantitative estimate of drug-likeness (QED) is 0.551. The minimum atomic E-state index is -0.435. The Hall–Kier alpha value is -1.70. The Kier molecular flexibility index (Phi) is 4.46. The van der Waals surface area contributed by atoms with Crippen molar-refractivity contribution in [1.29, 1.82) is 0 Å². The third kappa shape index (κ3) is 3.39. The van der Waals surface area contributed by atoms with E-state index in [1.54, 1.807) is 12.3 Å². The van der Waals surface area contributed by atoms with Gasteiger partial charge in [-0.25, -0.2) is 4.98 Å². The Bertz CT molecular complexity index is 473. The highest BCUT2D eigenvalue weighted by Crippen LogP contribution is 2.19. The third-order valence-electron chi connectivity index (χ3n) is 3.08. The second-order valence-corrected chi connectivity index (χ2v) is 4.52. The van der Waals surface area contributed by atoms with Crippen LogP contribution >= 0.6 is 0 Å². The lowest BCUT2D eigenvalue weighted by Gasteiger charge is -2.04. The van der Waals surface area contributed by atoms with Gasteiger partial charge in [-0.2, -0.15) is 4.39 Å². The summed E-state index contributed by atoms with van der Waals surface area (Å²) in [5, 5.41) is 0. The molecule has 0 aliphatic carbocycles. The first-order valence-electron chi connectivity index (χ1n) is 6.50. The number of benzene rings is 1. The molecule has 0 unspecified atom stereocenters. The molecule has 0 N–H and O–H groups in total. The minimum Gasteiger partial charge on any atom is -0.228 e. The predicted molar refractivity (Wildman–Crippen MR) is 72.9 cm³/mol. The smallest absolute Gasteiger partial charge is 0.212 e. The molecule has 0 amide bonds. The summed E-state index contributed by atoms with van der Waals surface area (Å²) in [6.45, 7) is 2.21. The molecule has 2 aromatic rings. The molecule has 94 valence electrons. The van der Waals surface area contributed by atoms with E-state index in [1.807, 2.05) is 0 Å². The molecule has 0 aliphatic rings. The van der Waals surface area contributed by atoms with Crippen LogP contribution in [0.3, 0.4) is 0 Å². The zero-order chi connectivity index (χ0) is 12.8. The zero-order valence-corrected chi connectivity index (χ0v) is 10.7. The molecule has 18 heavy (non-hydrogen) atoms. The van der Waals surface area contributed by atoms with Gasteiger partial charge in [0.25, 0.3) is 0 Å². The van der Waals surface area contributed by atoms with Gasteiger partial charge in [-0.15, -0.1) is 0 Å². The standard InChI is InChI=1S/C16H18FN/c1-2-3-4-5-13-6-8-14(9-7-13)15-10-11-16(17)18-12-15/h6-12H,2-5H2,1H3. The maximum atomic E-state index is 12.7. The normalized spacial score (nSPS) is 10.6. The fourth-order valence-electron chi connectivity index (χ4n) is 1.99. The molecular weight excluding hydrogens is 225 g/mol. The molecule has 1 nitrogen and oxygen atoms in total. The first-order chi connectivity index (χ1) is 8.79. The largest absolute Gasteiger partial charge is 0.228 e. The maximum Gasteiger partial charge on any atom is 0.212 e. The topological polar surface area (TPSA) is 12.9 Å². The van der Waals surface area contributed by atoms with Crippen LogP contribution in [0.15, 0.2) is 42.6 Å². The van der Waals surface area contributed by atoms with E-state index in [9.17, 15) is 4.39 Å². The summed E-state index contributed by atoms with van der Waals surface area (Å²) in [5.74, 6) is -0.435. The van der Waals surface area contributed by atoms with Gasteiger partial charge in [-0.1, -0.05) is 44.0 Å². The van der Waals surface area contributed by atoms with E-state index < -0.39 is 5.95 Å². The van der Waals surface area contributed by atoms with Crippen molar-refractivity contribution in [2.45, 2.75) is 32.6 Å². The molecule has 0 saturated heterocycles. The molecule has 0 radical (unpaired) electrons. The highest BCUT2D eigenvalue weighted by Gasteiger charge is 1.99. The van der Waals surface area contributed by atoms with Gasteiger partial charge >= 0.3 is 0 Å². The average molecular weight is 243 g/mol. The number of hydrogen-bond acceptors (Lipinski definition) is 1. The monoisotopic (exact) mass is 243 g/mol. The maximum absolute atomic E-state index is 12.7. The lowest BCUT2D eigenvalue weighted by molar-refractivity contribution is 0.584. The van der Waals surface area contributed by atoms with Crippen molar-refractivity contribution in [3.05, 3.63) is 54.1 Å². The highest BCUT2D eigenvalue weighted by molar-refractivity contribution is 5.62. The van der Waals surface area contributed by atoms with Crippen LogP contribution in [0.4, 0.5) is 4.39 Å². The van der Waals surface area contributed by atoms with Crippen LogP contribution in [0.1, 0.15) is 31.7 Å². The van der Waals surface area contributed by atoms with Gasteiger partial charge in [0.05, 0.1) is 0 Å². The average Bonchev–Trinajstić information content (AvgIpc) is 2.41. The van der Waals surface area contributed by atoms with Crippen LogP contribution < -0.4 is 0 Å². The molecule has 0 fully saturated rings. The van der Waals surface area contributed by atoms with Gasteiger partial charge in [-0.3, -0.25) is 0 Å². The van der Waals surface area contributed by atoms with E-state index in [0.717, 1.165) is 17.5 Å². The van der Waals surface area contributed by atoms with Gasteiger partial charge in [-0.05, 0) is 36.1 Å². The Morgan fingerprint density at radius 2 is 1.67 bits per heavy atom. The van der Waals surface area contributed by atoms with Gasteiger partial charge in [0.1, 0.15) is 0 Å². The third-order valence-corrected chi connectivity index (χ3v) is 3.08. The summed E-state index contributed by atoms with van der Waals surface area (Å²) in [4.78, 5) is 3.67. The van der Waals surface area contributed by atoms with E-state index in [4.69, 9.17) is 0 Å². The molecule has 2 rings (SSSR count). The van der Waals surface area contributed by atoms with E-state index in [-0.39, 0.29) is 0 Å². The van der Waals surface area contributed by atoms with Gasteiger partial charge in [0, 0.05) is 11.8 Å². The summed E-state index contributed by atoms with van der Waals surface area (Å²) in [6, 6.07) is 11.6. The first kappa shape index (κ1) is 12.7. The van der Waals surface area contributed by atoms with Crippen molar-refractivity contribution in [3.63, 3.8) is 0 Å². The van der Waals surface area contributed by atoms with E-state index >= 15 is 0 Å². The van der Waals surface area contributed by atoms with Crippen molar-refractivity contribution in [2.24, 2.45) is 0 Å². The Morgan fingerprint density at radius 1 is 0.944 bits per heavy atom. The number of nitrogens with zero attached hydrogens (tertiary/aromatic N) is 1. The molecule has 0 saturated carbocycles. The summed E-state index contributed by atoms with van der Waals surface area (Å²) in [7, 11) is 0. The van der Waals surface area contributed by atoms with Gasteiger partial charge in [0.2, 0.25) is 5.95 Å². The summed E-state index contributed by atoms with van der Waals surface area (Å²) in [5.41, 5.74) is 3.40. The molecule has 0 spiro atoms. The lowest BCUT2D eigenvalue weighted by atomic mass is 10.0. The molecule has 1 aromatic carbocycles. The van der Waals surface area contributed by atoms with E-state index in [0.29, 0.717) is 0 Å². The number of rotatable bonds is 5. The molecule has 1 heterocycles. The van der Waals surface area contributed by atoms with Crippen molar-refractivity contribution in [3.8, 4) is 11.1 Å². The molecule has 2 heteroatoms. The lowest BCUT2D eigenvalue weighted by Crippen LogP contribution is -1.87. The molecule has 1 aromatic heterocycles. The van der Waals surface area contributed by atoms with Crippen molar-refractivity contribution >= 4 is 0 Å². The van der Waals surface area contributed by atoms with E-state index in [1.165, 1.54) is 30.9 Å². The van der Waals surface area contributed by atoms with Crippen LogP contribution in [0.25, 0.3) is 11.1 Å². The Balaban J connectivity index is 2.05. The van der Waals surface area contributed by atoms with Gasteiger partial charge < -0.3 is 0 Å². The fraction of sp³-hybridized carbons (Fsp3) is 0.312. The zero-order valence-electron chi connectivity index (χ0n) is 10.7. The predicted octanol–water partition coefficient (Wildman–Crippen LogP) is 4.62. The van der Waals surface area contributed by atoms with Crippen molar-refractivity contribution < 1.29 is 4.39 Å². The highest BCUT2D eigenvalue weighted by atomic mass is 19.1. The Morgan fingerprint density at radius 3 is 2.28 bits per heavy atom. The molecule has 0 atom stereocenters. The second-order valence-electron chi connectivity index (χ2n) is 4.52. The summed E-state index contributed by atoms with van der Waals surface area (Å²) >= 11 is 0. The number of aryl methyl sites for hydroxylation is 1. The van der Waals surface area contributed by atoms with Crippen LogP contribution in [-0.2, 0) is 6.42 Å².